The van der Waals surface area contributed by atoms with Crippen LogP contribution in [0.15, 0.2) is 65.8 Å². The molecule has 5 aliphatic rings. The van der Waals surface area contributed by atoms with Crippen molar-refractivity contribution in [3.63, 3.8) is 0 Å². The summed E-state index contributed by atoms with van der Waals surface area (Å²) in [6, 6.07) is 20.8. The number of carbonyl (C=O) groups is 1. The molecule has 2 saturated carbocycles. The van der Waals surface area contributed by atoms with Crippen molar-refractivity contribution in [2.45, 2.75) is 121 Å². The fraction of sp³-hybridized carbons (Fsp3) is 0.477. The number of fused-ring (bicyclic) bond motifs is 4. The molecule has 258 valence electrons. The number of nitrogens with one attached hydrogen (secondary N) is 1. The molecule has 3 heterocycles. The van der Waals surface area contributed by atoms with Gasteiger partial charge in [-0.25, -0.2) is 9.78 Å². The molecule has 0 spiro atoms. The van der Waals surface area contributed by atoms with E-state index < -0.39 is 5.60 Å². The quantitative estimate of drug-likeness (QED) is 0.230. The maximum atomic E-state index is 13.2. The van der Waals surface area contributed by atoms with E-state index in [9.17, 15) is 4.79 Å². The van der Waals surface area contributed by atoms with Crippen LogP contribution in [-0.2, 0) is 17.6 Å². The number of ether oxygens (including phenoxy) is 1. The van der Waals surface area contributed by atoms with Gasteiger partial charge in [0, 0.05) is 24.6 Å². The summed E-state index contributed by atoms with van der Waals surface area (Å²) in [7, 11) is 0. The standard InChI is InChI=1S/C44H50N4O2/c1-44(2,3)50-43(49)48-22-8-7-11-40(48)38-25-32-23-30(17-21-37(32)46-38)33-19-20-34(41-35-18-16-31(35)24-36(33)41)27-12-14-28(15-13-27)39-26-45-42(47-39)29-9-5-4-6-10-29/h12-15,17,19-21,23,26,29,31,35,40H,4-11,16,18,22,24-25H2,1-3H3,(H,45,47)/t31?,35?,40-/m0/s1. The first-order chi connectivity index (χ1) is 24.3. The average molecular weight is 667 g/mol. The Labute approximate surface area is 296 Å². The molecule has 2 aliphatic heterocycles. The Hall–Kier alpha value is -4.19. The molecule has 4 aromatic rings. The Bertz CT molecular complexity index is 1960. The summed E-state index contributed by atoms with van der Waals surface area (Å²) in [5, 5.41) is 0. The molecule has 3 aromatic carbocycles. The van der Waals surface area contributed by atoms with Crippen molar-refractivity contribution in [1.82, 2.24) is 14.9 Å². The lowest BCUT2D eigenvalue weighted by Gasteiger charge is -2.36. The molecule has 3 aliphatic carbocycles. The number of rotatable bonds is 5. The van der Waals surface area contributed by atoms with Gasteiger partial charge in [0.15, 0.2) is 0 Å². The minimum absolute atomic E-state index is 0.00667. The summed E-state index contributed by atoms with van der Waals surface area (Å²) in [4.78, 5) is 28.7. The summed E-state index contributed by atoms with van der Waals surface area (Å²) in [6.45, 7) is 6.54. The zero-order chi connectivity index (χ0) is 34.0. The van der Waals surface area contributed by atoms with Crippen LogP contribution < -0.4 is 0 Å². The average Bonchev–Trinajstić information content (AvgIpc) is 3.84. The molecule has 6 heteroatoms. The molecular weight excluding hydrogens is 617 g/mol. The van der Waals surface area contributed by atoms with E-state index in [1.165, 1.54) is 90.6 Å². The fourth-order valence-electron chi connectivity index (χ4n) is 9.58. The molecule has 1 aromatic heterocycles. The summed E-state index contributed by atoms with van der Waals surface area (Å²) in [5.74, 6) is 3.18. The van der Waals surface area contributed by atoms with Crippen LogP contribution in [0.3, 0.4) is 0 Å². The second-order valence-corrected chi connectivity index (χ2v) is 16.6. The van der Waals surface area contributed by atoms with Crippen LogP contribution in [-0.4, -0.2) is 44.9 Å². The van der Waals surface area contributed by atoms with Gasteiger partial charge in [0.2, 0.25) is 0 Å². The Morgan fingerprint density at radius 1 is 0.840 bits per heavy atom. The predicted octanol–water partition coefficient (Wildman–Crippen LogP) is 10.9. The third-order valence-electron chi connectivity index (χ3n) is 12.2. The molecule has 3 atom stereocenters. The van der Waals surface area contributed by atoms with E-state index in [0.717, 1.165) is 55.2 Å². The van der Waals surface area contributed by atoms with E-state index in [4.69, 9.17) is 14.7 Å². The smallest absolute Gasteiger partial charge is 0.410 e. The number of aromatic nitrogens is 2. The van der Waals surface area contributed by atoms with Crippen LogP contribution in [0.1, 0.15) is 119 Å². The number of hydrogen-bond acceptors (Lipinski definition) is 4. The van der Waals surface area contributed by atoms with E-state index in [0.29, 0.717) is 11.8 Å². The van der Waals surface area contributed by atoms with Gasteiger partial charge in [0.05, 0.1) is 23.6 Å². The molecule has 1 saturated heterocycles. The lowest BCUT2D eigenvalue weighted by molar-refractivity contribution is 0.0166. The number of piperidine rings is 1. The highest BCUT2D eigenvalue weighted by molar-refractivity contribution is 6.00. The van der Waals surface area contributed by atoms with Gasteiger partial charge >= 0.3 is 6.09 Å². The number of benzene rings is 3. The number of amides is 1. The molecule has 3 fully saturated rings. The van der Waals surface area contributed by atoms with Crippen molar-refractivity contribution in [3.05, 3.63) is 83.3 Å². The van der Waals surface area contributed by atoms with Gasteiger partial charge in [0.1, 0.15) is 11.4 Å². The van der Waals surface area contributed by atoms with E-state index in [1.54, 1.807) is 11.1 Å². The summed E-state index contributed by atoms with van der Waals surface area (Å²) in [5.41, 5.74) is 13.8. The summed E-state index contributed by atoms with van der Waals surface area (Å²) >= 11 is 0. The first kappa shape index (κ1) is 31.8. The minimum atomic E-state index is -0.508. The van der Waals surface area contributed by atoms with Crippen molar-refractivity contribution >= 4 is 17.5 Å². The highest BCUT2D eigenvalue weighted by atomic mass is 16.6. The van der Waals surface area contributed by atoms with E-state index in [1.807, 2.05) is 31.9 Å². The van der Waals surface area contributed by atoms with Crippen molar-refractivity contribution in [3.8, 4) is 33.5 Å². The van der Waals surface area contributed by atoms with Gasteiger partial charge in [-0.05, 0) is 141 Å². The highest BCUT2D eigenvalue weighted by Gasteiger charge is 2.42. The Kier molecular flexibility index (Phi) is 7.97. The van der Waals surface area contributed by atoms with E-state index in [-0.39, 0.29) is 12.1 Å². The number of aromatic amines is 1. The molecule has 2 unspecified atom stereocenters. The zero-order valence-corrected chi connectivity index (χ0v) is 29.9. The van der Waals surface area contributed by atoms with Crippen molar-refractivity contribution < 1.29 is 9.53 Å². The first-order valence-corrected chi connectivity index (χ1v) is 19.3. The zero-order valence-electron chi connectivity index (χ0n) is 29.9. The second-order valence-electron chi connectivity index (χ2n) is 16.6. The lowest BCUT2D eigenvalue weighted by Crippen LogP contribution is -2.49. The lowest BCUT2D eigenvalue weighted by atomic mass is 9.73. The van der Waals surface area contributed by atoms with Gasteiger partial charge in [-0.1, -0.05) is 61.7 Å². The van der Waals surface area contributed by atoms with Gasteiger partial charge in [0.25, 0.3) is 0 Å². The van der Waals surface area contributed by atoms with Gasteiger partial charge in [-0.15, -0.1) is 0 Å². The van der Waals surface area contributed by atoms with Crippen molar-refractivity contribution in [2.75, 3.05) is 6.54 Å². The first-order valence-electron chi connectivity index (χ1n) is 19.3. The normalized spacial score (nSPS) is 23.1. The third kappa shape index (κ3) is 5.78. The summed E-state index contributed by atoms with van der Waals surface area (Å²) < 4.78 is 5.80. The molecular formula is C44H50N4O2. The topological polar surface area (TPSA) is 70.6 Å². The van der Waals surface area contributed by atoms with Crippen LogP contribution in [0.5, 0.6) is 0 Å². The molecule has 0 bridgehead atoms. The summed E-state index contributed by atoms with van der Waals surface area (Å²) in [6.07, 6.45) is 16.0. The van der Waals surface area contributed by atoms with Crippen LogP contribution in [0, 0.1) is 5.92 Å². The van der Waals surface area contributed by atoms with Gasteiger partial charge in [-0.2, -0.15) is 0 Å². The van der Waals surface area contributed by atoms with Crippen LogP contribution >= 0.6 is 0 Å². The fourth-order valence-corrected chi connectivity index (χ4v) is 9.58. The molecule has 1 amide bonds. The number of likely N-dealkylation sites (tertiary alicyclic amines) is 1. The van der Waals surface area contributed by atoms with Crippen LogP contribution in [0.25, 0.3) is 33.5 Å². The molecule has 1 N–H and O–H groups in total. The number of imidazole rings is 1. The Balaban J connectivity index is 0.971. The maximum Gasteiger partial charge on any atom is 0.410 e. The van der Waals surface area contributed by atoms with Crippen molar-refractivity contribution in [1.29, 1.82) is 0 Å². The van der Waals surface area contributed by atoms with Crippen LogP contribution in [0.2, 0.25) is 0 Å². The van der Waals surface area contributed by atoms with Gasteiger partial charge in [-0.3, -0.25) is 9.89 Å². The molecule has 6 nitrogen and oxygen atoms in total. The number of nitrogens with zero attached hydrogens (tertiary/aromatic N) is 3. The van der Waals surface area contributed by atoms with E-state index >= 15 is 0 Å². The van der Waals surface area contributed by atoms with Gasteiger partial charge < -0.3 is 9.72 Å². The molecule has 9 rings (SSSR count). The predicted molar refractivity (Wildman–Crippen MR) is 201 cm³/mol. The molecule has 50 heavy (non-hydrogen) atoms. The number of H-pyrrole nitrogens is 1. The SMILES string of the molecule is CC(C)(C)OC(=O)N1CCCC[C@H]1C1=Nc2ccc(-c3ccc(-c4ccc(-c5cnc(C6CCCCC6)[nH]5)cc4)c4c3CC3CCC43)cc2C1. The maximum absolute atomic E-state index is 13.2. The third-order valence-corrected chi connectivity index (χ3v) is 12.2. The second kappa shape index (κ2) is 12.5. The monoisotopic (exact) mass is 666 g/mol. The number of hydrogen-bond donors (Lipinski definition) is 1. The largest absolute Gasteiger partial charge is 0.444 e. The highest BCUT2D eigenvalue weighted by Crippen LogP contribution is 2.56. The molecule has 0 radical (unpaired) electrons. The Morgan fingerprint density at radius 2 is 1.60 bits per heavy atom. The number of carbonyl (C=O) groups excluding carboxylic acids is 1. The Morgan fingerprint density at radius 3 is 2.38 bits per heavy atom. The minimum Gasteiger partial charge on any atom is -0.444 e. The number of aliphatic imine (C=N–C) groups is 1. The van der Waals surface area contributed by atoms with E-state index in [2.05, 4.69) is 59.6 Å². The van der Waals surface area contributed by atoms with Crippen LogP contribution in [0.4, 0.5) is 10.5 Å². The van der Waals surface area contributed by atoms with Crippen molar-refractivity contribution in [2.24, 2.45) is 10.9 Å².